The molecule has 0 saturated carbocycles. The van der Waals surface area contributed by atoms with Crippen LogP contribution in [0.15, 0.2) is 17.2 Å². The number of hydrogen-bond donors (Lipinski definition) is 1. The van der Waals surface area contributed by atoms with Gasteiger partial charge in [-0.3, -0.25) is 14.0 Å². The molecule has 1 amide bonds. The minimum Gasteiger partial charge on any atom is -0.329 e. The van der Waals surface area contributed by atoms with Gasteiger partial charge in [0.1, 0.15) is 6.67 Å². The fourth-order valence-electron chi connectivity index (χ4n) is 2.21. The second-order valence-corrected chi connectivity index (χ2v) is 4.50. The molecule has 0 aliphatic carbocycles. The average Bonchev–Trinajstić information content (AvgIpc) is 3.06. The van der Waals surface area contributed by atoms with E-state index in [0.29, 0.717) is 24.5 Å². The number of H-pyrrole nitrogens is 1. The molecule has 0 bridgehead atoms. The number of carbonyl (C=O) groups is 1. The van der Waals surface area contributed by atoms with Gasteiger partial charge in [0.05, 0.1) is 24.8 Å². The molecule has 2 aromatic rings. The van der Waals surface area contributed by atoms with E-state index in [2.05, 4.69) is 15.3 Å². The van der Waals surface area contributed by atoms with Crippen molar-refractivity contribution in [3.63, 3.8) is 0 Å². The Labute approximate surface area is 112 Å². The van der Waals surface area contributed by atoms with E-state index in [1.165, 1.54) is 21.6 Å². The molecule has 0 fully saturated rings. The molecular weight excluding hydrogens is 267 g/mol. The van der Waals surface area contributed by atoms with Crippen LogP contribution in [0, 0.1) is 0 Å². The largest absolute Gasteiger partial charge is 0.343 e. The Morgan fingerprint density at radius 1 is 1.45 bits per heavy atom. The van der Waals surface area contributed by atoms with Gasteiger partial charge in [0.25, 0.3) is 5.91 Å². The summed E-state index contributed by atoms with van der Waals surface area (Å²) in [6.07, 6.45) is 2.94. The molecule has 3 heterocycles. The van der Waals surface area contributed by atoms with Gasteiger partial charge in [0.2, 0.25) is 0 Å². The van der Waals surface area contributed by atoms with Gasteiger partial charge >= 0.3 is 5.69 Å². The van der Waals surface area contributed by atoms with Crippen molar-refractivity contribution >= 4 is 5.91 Å². The summed E-state index contributed by atoms with van der Waals surface area (Å²) in [5, 5.41) is 10.2. The number of rotatable bonds is 3. The molecule has 106 valence electrons. The van der Waals surface area contributed by atoms with Gasteiger partial charge in [-0.2, -0.15) is 10.2 Å². The van der Waals surface area contributed by atoms with Crippen molar-refractivity contribution in [3.8, 4) is 0 Å². The topological polar surface area (TPSA) is 88.8 Å². The molecule has 1 aliphatic heterocycles. The van der Waals surface area contributed by atoms with Crippen LogP contribution in [0.1, 0.15) is 16.2 Å². The molecule has 2 aromatic heterocycles. The second kappa shape index (κ2) is 4.91. The van der Waals surface area contributed by atoms with E-state index in [9.17, 15) is 14.0 Å². The number of aromatic amines is 1. The Bertz CT molecular complexity index is 687. The number of nitrogens with one attached hydrogen (secondary N) is 1. The summed E-state index contributed by atoms with van der Waals surface area (Å²) in [7, 11) is 0. The first-order valence-electron chi connectivity index (χ1n) is 6.21. The Balaban J connectivity index is 1.76. The second-order valence-electron chi connectivity index (χ2n) is 4.50. The van der Waals surface area contributed by atoms with Gasteiger partial charge < -0.3 is 4.90 Å². The minimum atomic E-state index is -0.529. The van der Waals surface area contributed by atoms with Gasteiger partial charge in [-0.25, -0.2) is 14.3 Å². The molecule has 0 atom stereocenters. The number of nitrogens with zero attached hydrogens (tertiary/aromatic N) is 5. The molecule has 9 heteroatoms. The van der Waals surface area contributed by atoms with Crippen LogP contribution < -0.4 is 5.69 Å². The summed E-state index contributed by atoms with van der Waals surface area (Å²) in [4.78, 5) is 25.3. The number of alkyl halides is 1. The third-order valence-electron chi connectivity index (χ3n) is 3.24. The van der Waals surface area contributed by atoms with Crippen LogP contribution in [0.25, 0.3) is 0 Å². The third kappa shape index (κ3) is 2.10. The van der Waals surface area contributed by atoms with E-state index in [1.54, 1.807) is 4.90 Å². The standard InChI is InChI=1S/C11H13FN6O2/c12-1-2-17-6-8(5-13-17)10(19)16-3-4-18-9(7-16)14-15-11(18)20/h5-6H,1-4,7H2,(H,15,20). The average molecular weight is 280 g/mol. The highest BCUT2D eigenvalue weighted by atomic mass is 19.1. The quantitative estimate of drug-likeness (QED) is 0.812. The van der Waals surface area contributed by atoms with Crippen molar-refractivity contribution < 1.29 is 9.18 Å². The minimum absolute atomic E-state index is 0.131. The maximum atomic E-state index is 12.3. The lowest BCUT2D eigenvalue weighted by atomic mass is 10.2. The van der Waals surface area contributed by atoms with Crippen LogP contribution >= 0.6 is 0 Å². The number of hydrogen-bond acceptors (Lipinski definition) is 4. The summed E-state index contributed by atoms with van der Waals surface area (Å²) in [5.41, 5.74) is 0.146. The van der Waals surface area contributed by atoms with E-state index < -0.39 is 6.67 Å². The predicted molar refractivity (Wildman–Crippen MR) is 65.8 cm³/mol. The Morgan fingerprint density at radius 3 is 3.10 bits per heavy atom. The molecule has 0 aromatic carbocycles. The van der Waals surface area contributed by atoms with Crippen LogP contribution in [0.5, 0.6) is 0 Å². The van der Waals surface area contributed by atoms with Crippen molar-refractivity contribution in [2.75, 3.05) is 13.2 Å². The monoisotopic (exact) mass is 280 g/mol. The third-order valence-corrected chi connectivity index (χ3v) is 3.24. The summed E-state index contributed by atoms with van der Waals surface area (Å²) in [5.74, 6) is 0.336. The SMILES string of the molecule is O=C(c1cnn(CCF)c1)N1CCn2c(n[nH]c2=O)C1. The smallest absolute Gasteiger partial charge is 0.329 e. The lowest BCUT2D eigenvalue weighted by Crippen LogP contribution is -2.40. The van der Waals surface area contributed by atoms with Crippen molar-refractivity contribution in [2.24, 2.45) is 0 Å². The fraction of sp³-hybridized carbons (Fsp3) is 0.455. The predicted octanol–water partition coefficient (Wildman–Crippen LogP) is -0.607. The zero-order valence-corrected chi connectivity index (χ0v) is 10.6. The molecule has 0 saturated heterocycles. The highest BCUT2D eigenvalue weighted by Crippen LogP contribution is 2.11. The van der Waals surface area contributed by atoms with Crippen LogP contribution in [0.2, 0.25) is 0 Å². The molecule has 0 unspecified atom stereocenters. The van der Waals surface area contributed by atoms with E-state index >= 15 is 0 Å². The zero-order chi connectivity index (χ0) is 14.1. The van der Waals surface area contributed by atoms with E-state index in [0.717, 1.165) is 0 Å². The fourth-order valence-corrected chi connectivity index (χ4v) is 2.21. The van der Waals surface area contributed by atoms with Gasteiger partial charge in [-0.05, 0) is 0 Å². The number of carbonyl (C=O) groups excluding carboxylic acids is 1. The molecule has 0 radical (unpaired) electrons. The van der Waals surface area contributed by atoms with Crippen LogP contribution in [0.3, 0.4) is 0 Å². The molecule has 3 rings (SSSR count). The van der Waals surface area contributed by atoms with Gasteiger partial charge in [-0.1, -0.05) is 0 Å². The van der Waals surface area contributed by atoms with Crippen molar-refractivity contribution in [3.05, 3.63) is 34.3 Å². The number of aryl methyl sites for hydroxylation is 1. The highest BCUT2D eigenvalue weighted by Gasteiger charge is 2.24. The maximum absolute atomic E-state index is 12.3. The zero-order valence-electron chi connectivity index (χ0n) is 10.6. The van der Waals surface area contributed by atoms with E-state index in [-0.39, 0.29) is 24.7 Å². The number of amides is 1. The lowest BCUT2D eigenvalue weighted by molar-refractivity contribution is 0.0706. The van der Waals surface area contributed by atoms with Crippen LogP contribution in [0.4, 0.5) is 4.39 Å². The van der Waals surface area contributed by atoms with Gasteiger partial charge in [0, 0.05) is 19.3 Å². The van der Waals surface area contributed by atoms with E-state index in [1.807, 2.05) is 0 Å². The summed E-state index contributed by atoms with van der Waals surface area (Å²) in [6.45, 7) is 0.714. The normalized spacial score (nSPS) is 14.3. The first kappa shape index (κ1) is 12.6. The molecule has 8 nitrogen and oxygen atoms in total. The van der Waals surface area contributed by atoms with Crippen molar-refractivity contribution in [2.45, 2.75) is 19.6 Å². The Hall–Kier alpha value is -2.45. The summed E-state index contributed by atoms with van der Waals surface area (Å²) >= 11 is 0. The lowest BCUT2D eigenvalue weighted by Gasteiger charge is -2.26. The highest BCUT2D eigenvalue weighted by molar-refractivity contribution is 5.93. The molecule has 1 N–H and O–H groups in total. The van der Waals surface area contributed by atoms with Crippen LogP contribution in [-0.4, -0.2) is 48.6 Å². The summed E-state index contributed by atoms with van der Waals surface area (Å²) < 4.78 is 15.1. The number of aromatic nitrogens is 5. The number of fused-ring (bicyclic) bond motifs is 1. The van der Waals surface area contributed by atoms with E-state index in [4.69, 9.17) is 0 Å². The van der Waals surface area contributed by atoms with Gasteiger partial charge in [0.15, 0.2) is 5.82 Å². The molecule has 0 spiro atoms. The molecule has 20 heavy (non-hydrogen) atoms. The van der Waals surface area contributed by atoms with Gasteiger partial charge in [-0.15, -0.1) is 0 Å². The Morgan fingerprint density at radius 2 is 2.30 bits per heavy atom. The first-order chi connectivity index (χ1) is 9.69. The molecule has 1 aliphatic rings. The maximum Gasteiger partial charge on any atom is 0.343 e. The number of halogens is 1. The van der Waals surface area contributed by atoms with Crippen molar-refractivity contribution in [1.29, 1.82) is 0 Å². The molecular formula is C11H13FN6O2. The first-order valence-corrected chi connectivity index (χ1v) is 6.21. The van der Waals surface area contributed by atoms with Crippen molar-refractivity contribution in [1.82, 2.24) is 29.4 Å². The van der Waals surface area contributed by atoms with Crippen LogP contribution in [-0.2, 0) is 19.6 Å². The Kier molecular flexibility index (Phi) is 3.09. The summed E-state index contributed by atoms with van der Waals surface area (Å²) in [6, 6.07) is 0.